The van der Waals surface area contributed by atoms with Crippen LogP contribution in [0.5, 0.6) is 11.6 Å². The highest BCUT2D eigenvalue weighted by atomic mass is 16.5. The molecule has 3 nitrogen and oxygen atoms in total. The Hall–Kier alpha value is -1.25. The van der Waals surface area contributed by atoms with Crippen molar-refractivity contribution in [1.29, 1.82) is 0 Å². The lowest BCUT2D eigenvalue weighted by Crippen LogP contribution is -2.04. The van der Waals surface area contributed by atoms with Gasteiger partial charge in [0.25, 0.3) is 0 Å². The molecule has 0 spiro atoms. The number of pyridine rings is 1. The summed E-state index contributed by atoms with van der Waals surface area (Å²) in [5.74, 6) is 1.92. The fourth-order valence-electron chi connectivity index (χ4n) is 0.856. The van der Waals surface area contributed by atoms with Gasteiger partial charge in [-0.05, 0) is 12.0 Å². The Morgan fingerprint density at radius 3 is 2.85 bits per heavy atom. The Morgan fingerprint density at radius 2 is 2.23 bits per heavy atom. The van der Waals surface area contributed by atoms with E-state index in [-0.39, 0.29) is 0 Å². The van der Waals surface area contributed by atoms with E-state index in [0.29, 0.717) is 18.4 Å². The molecule has 0 saturated carbocycles. The minimum absolute atomic E-state index is 0.527. The van der Waals surface area contributed by atoms with Gasteiger partial charge in [0.1, 0.15) is 5.75 Å². The topological polar surface area (TPSA) is 31.4 Å². The Bertz CT molecular complexity index is 261. The predicted octanol–water partition coefficient (Wildman–Crippen LogP) is 2.12. The lowest BCUT2D eigenvalue weighted by atomic mass is 10.2. The molecule has 1 aromatic rings. The maximum absolute atomic E-state index is 5.49. The van der Waals surface area contributed by atoms with Crippen LogP contribution in [0.2, 0.25) is 0 Å². The molecular weight excluding hydrogens is 166 g/mol. The minimum Gasteiger partial charge on any atom is -0.493 e. The summed E-state index contributed by atoms with van der Waals surface area (Å²) in [6, 6.07) is 3.60. The number of methoxy groups -OCH3 is 1. The molecule has 0 saturated heterocycles. The maximum Gasteiger partial charge on any atom is 0.216 e. The normalized spacial score (nSPS) is 10.2. The lowest BCUT2D eigenvalue weighted by molar-refractivity contribution is 0.269. The minimum atomic E-state index is 0.527. The SMILES string of the molecule is COc1cc(OCC(C)C)ccn1. The van der Waals surface area contributed by atoms with Gasteiger partial charge in [0.05, 0.1) is 13.7 Å². The highest BCUT2D eigenvalue weighted by Crippen LogP contribution is 2.16. The van der Waals surface area contributed by atoms with Crippen LogP contribution < -0.4 is 9.47 Å². The Kier molecular flexibility index (Phi) is 3.55. The maximum atomic E-state index is 5.49. The van der Waals surface area contributed by atoms with Crippen molar-refractivity contribution in [1.82, 2.24) is 4.98 Å². The quantitative estimate of drug-likeness (QED) is 0.713. The van der Waals surface area contributed by atoms with Crippen molar-refractivity contribution in [3.63, 3.8) is 0 Å². The van der Waals surface area contributed by atoms with Gasteiger partial charge in [-0.1, -0.05) is 13.8 Å². The first-order chi connectivity index (χ1) is 6.22. The van der Waals surface area contributed by atoms with E-state index < -0.39 is 0 Å². The molecule has 0 aliphatic rings. The third kappa shape index (κ3) is 3.32. The first-order valence-electron chi connectivity index (χ1n) is 4.35. The molecule has 0 aliphatic carbocycles. The summed E-state index contributed by atoms with van der Waals surface area (Å²) >= 11 is 0. The zero-order valence-corrected chi connectivity index (χ0v) is 8.28. The molecule has 3 heteroatoms. The summed E-state index contributed by atoms with van der Waals surface area (Å²) in [5, 5.41) is 0. The molecule has 0 atom stereocenters. The first-order valence-corrected chi connectivity index (χ1v) is 4.35. The summed E-state index contributed by atoms with van der Waals surface area (Å²) in [7, 11) is 1.59. The van der Waals surface area contributed by atoms with E-state index in [1.165, 1.54) is 0 Å². The van der Waals surface area contributed by atoms with Crippen LogP contribution in [-0.2, 0) is 0 Å². The molecule has 1 aromatic heterocycles. The Balaban J connectivity index is 2.56. The summed E-state index contributed by atoms with van der Waals surface area (Å²) in [6.07, 6.45) is 1.68. The molecule has 72 valence electrons. The van der Waals surface area contributed by atoms with Crippen LogP contribution in [0.15, 0.2) is 18.3 Å². The molecule has 0 N–H and O–H groups in total. The van der Waals surface area contributed by atoms with Gasteiger partial charge < -0.3 is 9.47 Å². The lowest BCUT2D eigenvalue weighted by Gasteiger charge is -2.08. The van der Waals surface area contributed by atoms with Gasteiger partial charge in [0, 0.05) is 12.3 Å². The van der Waals surface area contributed by atoms with E-state index in [2.05, 4.69) is 18.8 Å². The average Bonchev–Trinajstić information content (AvgIpc) is 2.15. The van der Waals surface area contributed by atoms with E-state index in [1.54, 1.807) is 19.4 Å². The average molecular weight is 181 g/mol. The number of ether oxygens (including phenoxy) is 2. The molecule has 0 fully saturated rings. The van der Waals surface area contributed by atoms with Crippen molar-refractivity contribution >= 4 is 0 Å². The molecule has 0 aromatic carbocycles. The predicted molar refractivity (Wildman–Crippen MR) is 51.1 cm³/mol. The molecule has 1 rings (SSSR count). The van der Waals surface area contributed by atoms with Gasteiger partial charge in [0.15, 0.2) is 0 Å². The van der Waals surface area contributed by atoms with Crippen molar-refractivity contribution in [3.05, 3.63) is 18.3 Å². The van der Waals surface area contributed by atoms with E-state index in [4.69, 9.17) is 9.47 Å². The third-order valence-corrected chi connectivity index (χ3v) is 1.50. The van der Waals surface area contributed by atoms with Crippen LogP contribution in [-0.4, -0.2) is 18.7 Å². The van der Waals surface area contributed by atoms with Crippen LogP contribution in [0.1, 0.15) is 13.8 Å². The molecule has 0 radical (unpaired) electrons. The monoisotopic (exact) mass is 181 g/mol. The summed E-state index contributed by atoms with van der Waals surface area (Å²) < 4.78 is 10.5. The molecule has 1 heterocycles. The van der Waals surface area contributed by atoms with Crippen LogP contribution in [0.3, 0.4) is 0 Å². The summed E-state index contributed by atoms with van der Waals surface area (Å²) in [5.41, 5.74) is 0. The Morgan fingerprint density at radius 1 is 1.46 bits per heavy atom. The van der Waals surface area contributed by atoms with Crippen molar-refractivity contribution < 1.29 is 9.47 Å². The zero-order valence-electron chi connectivity index (χ0n) is 8.28. The van der Waals surface area contributed by atoms with Crippen molar-refractivity contribution in [2.75, 3.05) is 13.7 Å². The van der Waals surface area contributed by atoms with Crippen LogP contribution in [0.4, 0.5) is 0 Å². The van der Waals surface area contributed by atoms with Crippen LogP contribution in [0.25, 0.3) is 0 Å². The standard InChI is InChI=1S/C10H15NO2/c1-8(2)7-13-9-4-5-11-10(6-9)12-3/h4-6,8H,7H2,1-3H3. The molecule has 13 heavy (non-hydrogen) atoms. The Labute approximate surface area is 78.7 Å². The molecule has 0 bridgehead atoms. The third-order valence-electron chi connectivity index (χ3n) is 1.50. The second kappa shape index (κ2) is 4.70. The highest BCUT2D eigenvalue weighted by Gasteiger charge is 1.99. The summed E-state index contributed by atoms with van der Waals surface area (Å²) in [4.78, 5) is 3.98. The van der Waals surface area contributed by atoms with Gasteiger partial charge in [0.2, 0.25) is 5.88 Å². The zero-order chi connectivity index (χ0) is 9.68. The highest BCUT2D eigenvalue weighted by molar-refractivity contribution is 5.25. The van der Waals surface area contributed by atoms with Crippen molar-refractivity contribution in [2.24, 2.45) is 5.92 Å². The van der Waals surface area contributed by atoms with Gasteiger partial charge in [-0.15, -0.1) is 0 Å². The van der Waals surface area contributed by atoms with E-state index in [9.17, 15) is 0 Å². The van der Waals surface area contributed by atoms with Crippen LogP contribution >= 0.6 is 0 Å². The number of nitrogens with zero attached hydrogens (tertiary/aromatic N) is 1. The van der Waals surface area contributed by atoms with Gasteiger partial charge in [-0.25, -0.2) is 4.98 Å². The fraction of sp³-hybridized carbons (Fsp3) is 0.500. The largest absolute Gasteiger partial charge is 0.493 e. The van der Waals surface area contributed by atoms with Gasteiger partial charge >= 0.3 is 0 Å². The molecular formula is C10H15NO2. The van der Waals surface area contributed by atoms with E-state index in [1.807, 2.05) is 6.07 Å². The van der Waals surface area contributed by atoms with Gasteiger partial charge in [-0.3, -0.25) is 0 Å². The summed E-state index contributed by atoms with van der Waals surface area (Å²) in [6.45, 7) is 4.93. The number of hydrogen-bond donors (Lipinski definition) is 0. The van der Waals surface area contributed by atoms with Crippen molar-refractivity contribution in [3.8, 4) is 11.6 Å². The number of rotatable bonds is 4. The number of hydrogen-bond acceptors (Lipinski definition) is 3. The van der Waals surface area contributed by atoms with Crippen molar-refractivity contribution in [2.45, 2.75) is 13.8 Å². The molecule has 0 aliphatic heterocycles. The molecule has 0 unspecified atom stereocenters. The second-order valence-corrected chi connectivity index (χ2v) is 3.24. The van der Waals surface area contributed by atoms with Gasteiger partial charge in [-0.2, -0.15) is 0 Å². The van der Waals surface area contributed by atoms with E-state index in [0.717, 1.165) is 5.75 Å². The van der Waals surface area contributed by atoms with E-state index >= 15 is 0 Å². The second-order valence-electron chi connectivity index (χ2n) is 3.24. The number of aromatic nitrogens is 1. The fourth-order valence-corrected chi connectivity index (χ4v) is 0.856. The smallest absolute Gasteiger partial charge is 0.216 e. The van der Waals surface area contributed by atoms with Crippen LogP contribution in [0, 0.1) is 5.92 Å². The first kappa shape index (κ1) is 9.84. The molecule has 0 amide bonds.